The highest BCUT2D eigenvalue weighted by Crippen LogP contribution is 2.33. The van der Waals surface area contributed by atoms with Crippen LogP contribution in [0, 0.1) is 18.8 Å². The molecule has 1 saturated carbocycles. The first kappa shape index (κ1) is 12.1. The van der Waals surface area contributed by atoms with Crippen LogP contribution in [0.25, 0.3) is 0 Å². The second-order valence-electron chi connectivity index (χ2n) is 5.16. The van der Waals surface area contributed by atoms with Crippen molar-refractivity contribution < 1.29 is 0 Å². The lowest BCUT2D eigenvalue weighted by Gasteiger charge is -2.22. The monoisotopic (exact) mass is 238 g/mol. The SMILES string of the molecule is CNC(Cc1nc(C)cs1)C1CCC(C)C1. The van der Waals surface area contributed by atoms with Crippen molar-refractivity contribution in [2.45, 2.75) is 45.6 Å². The number of likely N-dealkylation sites (N-methyl/N-ethyl adjacent to an activating group) is 1. The van der Waals surface area contributed by atoms with Crippen molar-refractivity contribution in [1.29, 1.82) is 0 Å². The van der Waals surface area contributed by atoms with Crippen LogP contribution in [-0.2, 0) is 6.42 Å². The van der Waals surface area contributed by atoms with Gasteiger partial charge in [0.05, 0.1) is 5.01 Å². The maximum absolute atomic E-state index is 4.57. The van der Waals surface area contributed by atoms with Crippen molar-refractivity contribution in [3.05, 3.63) is 16.1 Å². The zero-order valence-corrected chi connectivity index (χ0v) is 11.3. The van der Waals surface area contributed by atoms with Gasteiger partial charge in [-0.2, -0.15) is 0 Å². The Hall–Kier alpha value is -0.410. The topological polar surface area (TPSA) is 24.9 Å². The number of hydrogen-bond donors (Lipinski definition) is 1. The summed E-state index contributed by atoms with van der Waals surface area (Å²) in [7, 11) is 2.09. The molecule has 2 rings (SSSR count). The molecule has 1 aromatic heterocycles. The zero-order valence-electron chi connectivity index (χ0n) is 10.5. The average Bonchev–Trinajstić information content (AvgIpc) is 2.84. The number of hydrogen-bond acceptors (Lipinski definition) is 3. The Morgan fingerprint density at radius 3 is 2.88 bits per heavy atom. The molecule has 90 valence electrons. The molecule has 1 aromatic rings. The molecular weight excluding hydrogens is 216 g/mol. The van der Waals surface area contributed by atoms with Gasteiger partial charge in [0.25, 0.3) is 0 Å². The fourth-order valence-electron chi connectivity index (χ4n) is 2.81. The van der Waals surface area contributed by atoms with E-state index in [9.17, 15) is 0 Å². The van der Waals surface area contributed by atoms with E-state index in [1.807, 2.05) is 0 Å². The van der Waals surface area contributed by atoms with Crippen molar-refractivity contribution in [1.82, 2.24) is 10.3 Å². The standard InChI is InChI=1S/C13H22N2S/c1-9-4-5-11(6-9)12(14-3)7-13-15-10(2)8-16-13/h8-9,11-12,14H,4-7H2,1-3H3. The highest BCUT2D eigenvalue weighted by Gasteiger charge is 2.28. The molecule has 0 bridgehead atoms. The van der Waals surface area contributed by atoms with E-state index in [0.29, 0.717) is 6.04 Å². The van der Waals surface area contributed by atoms with Gasteiger partial charge in [-0.15, -0.1) is 11.3 Å². The first-order chi connectivity index (χ1) is 7.69. The smallest absolute Gasteiger partial charge is 0.0943 e. The molecule has 0 spiro atoms. The van der Waals surface area contributed by atoms with Gasteiger partial charge in [-0.25, -0.2) is 4.98 Å². The van der Waals surface area contributed by atoms with E-state index < -0.39 is 0 Å². The first-order valence-corrected chi connectivity index (χ1v) is 7.15. The third-order valence-electron chi connectivity index (χ3n) is 3.74. The largest absolute Gasteiger partial charge is 0.316 e. The minimum atomic E-state index is 0.621. The van der Waals surface area contributed by atoms with Crippen molar-refractivity contribution in [2.75, 3.05) is 7.05 Å². The van der Waals surface area contributed by atoms with Crippen LogP contribution < -0.4 is 5.32 Å². The number of nitrogens with one attached hydrogen (secondary N) is 1. The van der Waals surface area contributed by atoms with Gasteiger partial charge in [-0.1, -0.05) is 13.3 Å². The Kier molecular flexibility index (Phi) is 3.98. The van der Waals surface area contributed by atoms with E-state index in [1.165, 1.54) is 24.3 Å². The molecule has 1 aliphatic rings. The first-order valence-electron chi connectivity index (χ1n) is 6.27. The zero-order chi connectivity index (χ0) is 11.5. The molecule has 3 heteroatoms. The fourth-order valence-corrected chi connectivity index (χ4v) is 3.64. The van der Waals surface area contributed by atoms with Crippen LogP contribution in [0.2, 0.25) is 0 Å². The molecule has 0 aromatic carbocycles. The molecule has 0 amide bonds. The number of thiazole rings is 1. The molecule has 1 N–H and O–H groups in total. The molecule has 0 saturated heterocycles. The quantitative estimate of drug-likeness (QED) is 0.872. The summed E-state index contributed by atoms with van der Waals surface area (Å²) < 4.78 is 0. The molecule has 16 heavy (non-hydrogen) atoms. The van der Waals surface area contributed by atoms with Crippen LogP contribution >= 0.6 is 11.3 Å². The molecular formula is C13H22N2S. The minimum absolute atomic E-state index is 0.621. The molecule has 3 atom stereocenters. The maximum Gasteiger partial charge on any atom is 0.0943 e. The minimum Gasteiger partial charge on any atom is -0.316 e. The lowest BCUT2D eigenvalue weighted by Crippen LogP contribution is -2.34. The van der Waals surface area contributed by atoms with E-state index in [-0.39, 0.29) is 0 Å². The summed E-state index contributed by atoms with van der Waals surface area (Å²) in [6.45, 7) is 4.45. The molecule has 3 unspecified atom stereocenters. The Labute approximate surface area is 102 Å². The second kappa shape index (κ2) is 5.28. The Morgan fingerprint density at radius 2 is 2.38 bits per heavy atom. The summed E-state index contributed by atoms with van der Waals surface area (Å²) in [5.41, 5.74) is 1.16. The van der Waals surface area contributed by atoms with Gasteiger partial charge in [-0.3, -0.25) is 0 Å². The van der Waals surface area contributed by atoms with Gasteiger partial charge < -0.3 is 5.32 Å². The van der Waals surface area contributed by atoms with Gasteiger partial charge in [-0.05, 0) is 38.6 Å². The van der Waals surface area contributed by atoms with E-state index in [1.54, 1.807) is 11.3 Å². The second-order valence-corrected chi connectivity index (χ2v) is 6.10. The summed E-state index contributed by atoms with van der Waals surface area (Å²) in [6, 6.07) is 0.621. The van der Waals surface area contributed by atoms with Crippen LogP contribution in [0.4, 0.5) is 0 Å². The van der Waals surface area contributed by atoms with E-state index in [0.717, 1.165) is 24.0 Å². The van der Waals surface area contributed by atoms with Crippen LogP contribution in [-0.4, -0.2) is 18.1 Å². The van der Waals surface area contributed by atoms with Crippen LogP contribution in [0.1, 0.15) is 36.9 Å². The molecule has 0 radical (unpaired) electrons. The summed E-state index contributed by atoms with van der Waals surface area (Å²) in [5, 5.41) is 6.93. The number of aromatic nitrogens is 1. The lowest BCUT2D eigenvalue weighted by atomic mass is 9.95. The molecule has 2 nitrogen and oxygen atoms in total. The van der Waals surface area contributed by atoms with Gasteiger partial charge in [0.1, 0.15) is 0 Å². The van der Waals surface area contributed by atoms with Crippen LogP contribution in [0.15, 0.2) is 5.38 Å². The third-order valence-corrected chi connectivity index (χ3v) is 4.73. The van der Waals surface area contributed by atoms with Gasteiger partial charge in [0.15, 0.2) is 0 Å². The summed E-state index contributed by atoms with van der Waals surface area (Å²) in [6.07, 6.45) is 5.28. The molecule has 1 heterocycles. The van der Waals surface area contributed by atoms with Gasteiger partial charge >= 0.3 is 0 Å². The van der Waals surface area contributed by atoms with Crippen LogP contribution in [0.3, 0.4) is 0 Å². The Morgan fingerprint density at radius 1 is 1.56 bits per heavy atom. The maximum atomic E-state index is 4.57. The van der Waals surface area contributed by atoms with Crippen molar-refractivity contribution in [3.8, 4) is 0 Å². The van der Waals surface area contributed by atoms with Gasteiger partial charge in [0.2, 0.25) is 0 Å². The van der Waals surface area contributed by atoms with Crippen molar-refractivity contribution in [2.24, 2.45) is 11.8 Å². The normalized spacial score (nSPS) is 27.2. The van der Waals surface area contributed by atoms with Crippen molar-refractivity contribution in [3.63, 3.8) is 0 Å². The average molecular weight is 238 g/mol. The van der Waals surface area contributed by atoms with E-state index >= 15 is 0 Å². The molecule has 1 aliphatic carbocycles. The Balaban J connectivity index is 1.95. The van der Waals surface area contributed by atoms with Gasteiger partial charge in [0, 0.05) is 23.5 Å². The number of rotatable bonds is 4. The predicted octanol–water partition coefficient (Wildman–Crippen LogP) is 3.02. The van der Waals surface area contributed by atoms with E-state index in [2.05, 4.69) is 36.6 Å². The van der Waals surface area contributed by atoms with Crippen molar-refractivity contribution >= 4 is 11.3 Å². The Bertz CT molecular complexity index is 334. The summed E-state index contributed by atoms with van der Waals surface area (Å²) in [4.78, 5) is 4.57. The summed E-state index contributed by atoms with van der Waals surface area (Å²) in [5.74, 6) is 1.77. The summed E-state index contributed by atoms with van der Waals surface area (Å²) >= 11 is 1.80. The van der Waals surface area contributed by atoms with Crippen LogP contribution in [0.5, 0.6) is 0 Å². The highest BCUT2D eigenvalue weighted by atomic mass is 32.1. The molecule has 1 fully saturated rings. The third kappa shape index (κ3) is 2.83. The fraction of sp³-hybridized carbons (Fsp3) is 0.769. The highest BCUT2D eigenvalue weighted by molar-refractivity contribution is 7.09. The van der Waals surface area contributed by atoms with E-state index in [4.69, 9.17) is 0 Å². The number of aryl methyl sites for hydroxylation is 1. The predicted molar refractivity (Wildman–Crippen MR) is 69.9 cm³/mol. The lowest BCUT2D eigenvalue weighted by molar-refractivity contribution is 0.367. The number of nitrogens with zero attached hydrogens (tertiary/aromatic N) is 1. The molecule has 0 aliphatic heterocycles.